The van der Waals surface area contributed by atoms with E-state index in [1.807, 2.05) is 38.1 Å². The topological polar surface area (TPSA) is 50.8 Å². The van der Waals surface area contributed by atoms with Crippen molar-refractivity contribution in [2.75, 3.05) is 18.1 Å². The van der Waals surface area contributed by atoms with Gasteiger partial charge in [-0.1, -0.05) is 79.0 Å². The predicted octanol–water partition coefficient (Wildman–Crippen LogP) is 9.10. The molecule has 0 unspecified atom stereocenters. The van der Waals surface area contributed by atoms with Crippen LogP contribution in [0, 0.1) is 0 Å². The van der Waals surface area contributed by atoms with E-state index in [-0.39, 0.29) is 6.03 Å². The second-order valence-corrected chi connectivity index (χ2v) is 10.7. The summed E-state index contributed by atoms with van der Waals surface area (Å²) in [6, 6.07) is 17.1. The number of para-hydroxylation sites is 1. The summed E-state index contributed by atoms with van der Waals surface area (Å²) in [5.74, 6) is -0.142. The van der Waals surface area contributed by atoms with Gasteiger partial charge in [-0.3, -0.25) is 4.90 Å². The van der Waals surface area contributed by atoms with E-state index in [4.69, 9.17) is 44.3 Å². The molecule has 0 bridgehead atoms. The Morgan fingerprint density at radius 2 is 1.50 bits per heavy atom. The molecule has 3 aliphatic rings. The number of nitrogens with one attached hydrogen (secondary N) is 1. The van der Waals surface area contributed by atoms with Crippen LogP contribution < -0.4 is 10.2 Å². The minimum absolute atomic E-state index is 0.268. The highest BCUT2D eigenvalue weighted by atomic mass is 35.5. The molecule has 3 aromatic rings. The molecule has 0 radical (unpaired) electrons. The van der Waals surface area contributed by atoms with Crippen molar-refractivity contribution in [1.82, 2.24) is 5.32 Å². The summed E-state index contributed by atoms with van der Waals surface area (Å²) in [6.45, 7) is 5.69. The summed E-state index contributed by atoms with van der Waals surface area (Å²) in [7, 11) is 0. The molecule has 0 aromatic heterocycles. The lowest BCUT2D eigenvalue weighted by atomic mass is 9.79. The van der Waals surface area contributed by atoms with Gasteiger partial charge in [0.05, 0.1) is 34.6 Å². The third kappa shape index (κ3) is 5.03. The van der Waals surface area contributed by atoms with Gasteiger partial charge in [-0.2, -0.15) is 0 Å². The number of fused-ring (bicyclic) bond motifs is 1. The Kier molecular flexibility index (Phi) is 8.22. The fraction of sp³-hybridized carbons (Fsp3) is 0.367. The molecule has 2 aliphatic heterocycles. The van der Waals surface area contributed by atoms with Crippen LogP contribution in [0.15, 0.2) is 54.6 Å². The second kappa shape index (κ2) is 11.4. The maximum absolute atomic E-state index is 13.3. The van der Waals surface area contributed by atoms with Gasteiger partial charge in [0.2, 0.25) is 0 Å². The first-order valence-corrected chi connectivity index (χ1v) is 14.3. The van der Waals surface area contributed by atoms with Crippen molar-refractivity contribution in [2.45, 2.75) is 57.8 Å². The summed E-state index contributed by atoms with van der Waals surface area (Å²) >= 11 is 19.8. The maximum Gasteiger partial charge on any atom is 0.326 e. The Labute approximate surface area is 239 Å². The Balaban J connectivity index is 0.00000144. The normalized spacial score (nSPS) is 18.6. The quantitative estimate of drug-likeness (QED) is 0.340. The molecule has 0 atom stereocenters. The van der Waals surface area contributed by atoms with Gasteiger partial charge in [-0.05, 0) is 54.2 Å². The third-order valence-corrected chi connectivity index (χ3v) is 8.41. The van der Waals surface area contributed by atoms with Gasteiger partial charge < -0.3 is 14.8 Å². The summed E-state index contributed by atoms with van der Waals surface area (Å²) in [4.78, 5) is 14.9. The van der Waals surface area contributed by atoms with E-state index in [0.717, 1.165) is 53.6 Å². The van der Waals surface area contributed by atoms with E-state index in [9.17, 15) is 4.79 Å². The van der Waals surface area contributed by atoms with E-state index in [2.05, 4.69) is 17.4 Å². The predicted molar refractivity (Wildman–Crippen MR) is 155 cm³/mol. The van der Waals surface area contributed by atoms with Crippen molar-refractivity contribution in [3.05, 3.63) is 80.8 Å². The van der Waals surface area contributed by atoms with Gasteiger partial charge in [0.25, 0.3) is 0 Å². The molecule has 5 nitrogen and oxygen atoms in total. The van der Waals surface area contributed by atoms with Crippen molar-refractivity contribution in [1.29, 1.82) is 0 Å². The molecule has 2 amide bonds. The van der Waals surface area contributed by atoms with Crippen LogP contribution in [0.4, 0.5) is 16.2 Å². The van der Waals surface area contributed by atoms with Crippen molar-refractivity contribution >= 4 is 52.2 Å². The van der Waals surface area contributed by atoms with Gasteiger partial charge >= 0.3 is 6.03 Å². The SMILES string of the molecule is CC.O=C1NCc2c(-c3ccccc3Cl)cc(C3CCC4(CC3)OCCO4)cc2N1c1c(Cl)cccc1Cl. The smallest absolute Gasteiger partial charge is 0.326 e. The highest BCUT2D eigenvalue weighted by molar-refractivity contribution is 6.40. The van der Waals surface area contributed by atoms with E-state index >= 15 is 0 Å². The minimum atomic E-state index is -0.437. The lowest BCUT2D eigenvalue weighted by Gasteiger charge is -2.37. The fourth-order valence-corrected chi connectivity index (χ4v) is 6.48. The number of benzene rings is 3. The highest BCUT2D eigenvalue weighted by Crippen LogP contribution is 2.48. The van der Waals surface area contributed by atoms with E-state index in [1.54, 1.807) is 23.1 Å². The van der Waals surface area contributed by atoms with E-state index in [1.165, 1.54) is 0 Å². The molecule has 1 saturated heterocycles. The standard InChI is InChI=1S/C28H25Cl3N2O3.C2H6/c29-22-5-2-1-4-19(22)20-14-18(17-8-10-28(11-9-17)35-12-13-36-28)15-25-21(20)16-32-27(34)33(25)26-23(30)6-3-7-24(26)31;1-2/h1-7,14-15,17H,8-13,16H2,(H,32,34);1-2H3. The Morgan fingerprint density at radius 1 is 0.868 bits per heavy atom. The molecule has 38 heavy (non-hydrogen) atoms. The number of hydrogen-bond acceptors (Lipinski definition) is 3. The maximum atomic E-state index is 13.3. The molecule has 6 rings (SSSR count). The summed E-state index contributed by atoms with van der Waals surface area (Å²) in [6.07, 6.45) is 3.55. The van der Waals surface area contributed by atoms with Crippen LogP contribution >= 0.6 is 34.8 Å². The number of halogens is 3. The molecule has 2 heterocycles. The number of anilines is 2. The van der Waals surface area contributed by atoms with Gasteiger partial charge in [-0.15, -0.1) is 0 Å². The first-order chi connectivity index (χ1) is 18.5. The van der Waals surface area contributed by atoms with Crippen LogP contribution in [0.25, 0.3) is 11.1 Å². The number of urea groups is 1. The van der Waals surface area contributed by atoms with Crippen LogP contribution in [-0.4, -0.2) is 25.0 Å². The molecule has 1 spiro atoms. The zero-order chi connectivity index (χ0) is 26.9. The van der Waals surface area contributed by atoms with Crippen LogP contribution in [0.3, 0.4) is 0 Å². The zero-order valence-electron chi connectivity index (χ0n) is 21.5. The Bertz CT molecular complexity index is 1310. The van der Waals surface area contributed by atoms with Gasteiger partial charge in [0.1, 0.15) is 0 Å². The fourth-order valence-electron chi connectivity index (χ4n) is 5.67. The summed E-state index contributed by atoms with van der Waals surface area (Å²) in [5.41, 5.74) is 5.28. The average molecular weight is 574 g/mol. The summed E-state index contributed by atoms with van der Waals surface area (Å²) < 4.78 is 11.9. The highest BCUT2D eigenvalue weighted by Gasteiger charge is 2.41. The van der Waals surface area contributed by atoms with E-state index < -0.39 is 5.79 Å². The molecule has 3 aromatic carbocycles. The summed E-state index contributed by atoms with van der Waals surface area (Å²) in [5, 5.41) is 4.47. The van der Waals surface area contributed by atoms with Gasteiger partial charge in [0, 0.05) is 35.5 Å². The number of carbonyl (C=O) groups excluding carboxylic acids is 1. The average Bonchev–Trinajstić information content (AvgIpc) is 3.38. The van der Waals surface area contributed by atoms with Crippen LogP contribution in [0.2, 0.25) is 15.1 Å². The number of ether oxygens (including phenoxy) is 2. The van der Waals surface area contributed by atoms with Gasteiger partial charge in [-0.25, -0.2) is 4.79 Å². The molecule has 1 saturated carbocycles. The van der Waals surface area contributed by atoms with Gasteiger partial charge in [0.15, 0.2) is 5.79 Å². The van der Waals surface area contributed by atoms with E-state index in [0.29, 0.717) is 46.4 Å². The monoisotopic (exact) mass is 572 g/mol. The second-order valence-electron chi connectivity index (χ2n) is 9.49. The molecule has 200 valence electrons. The number of hydrogen-bond donors (Lipinski definition) is 1. The molecule has 8 heteroatoms. The lowest BCUT2D eigenvalue weighted by Crippen LogP contribution is -2.42. The minimum Gasteiger partial charge on any atom is -0.348 e. The van der Waals surface area contributed by atoms with Crippen molar-refractivity contribution in [3.63, 3.8) is 0 Å². The van der Waals surface area contributed by atoms with Crippen LogP contribution in [-0.2, 0) is 16.0 Å². The van der Waals surface area contributed by atoms with Crippen molar-refractivity contribution in [3.8, 4) is 11.1 Å². The molecular weight excluding hydrogens is 543 g/mol. The number of nitrogens with zero attached hydrogens (tertiary/aromatic N) is 1. The van der Waals surface area contributed by atoms with Crippen LogP contribution in [0.5, 0.6) is 0 Å². The van der Waals surface area contributed by atoms with Crippen molar-refractivity contribution < 1.29 is 14.3 Å². The Morgan fingerprint density at radius 3 is 2.16 bits per heavy atom. The molecular formula is C30H31Cl3N2O3. The Hall–Kier alpha value is -2.28. The first kappa shape index (κ1) is 27.3. The van der Waals surface area contributed by atoms with Crippen molar-refractivity contribution in [2.24, 2.45) is 0 Å². The number of amides is 2. The third-order valence-electron chi connectivity index (χ3n) is 7.47. The molecule has 1 aliphatic carbocycles. The van der Waals surface area contributed by atoms with Crippen LogP contribution in [0.1, 0.15) is 56.6 Å². The number of carbonyl (C=O) groups is 1. The number of rotatable bonds is 3. The first-order valence-electron chi connectivity index (χ1n) is 13.2. The molecule has 1 N–H and O–H groups in total. The zero-order valence-corrected chi connectivity index (χ0v) is 23.8. The lowest BCUT2D eigenvalue weighted by molar-refractivity contribution is -0.178. The largest absolute Gasteiger partial charge is 0.348 e. The molecule has 2 fully saturated rings.